The van der Waals surface area contributed by atoms with Crippen molar-refractivity contribution in [3.8, 4) is 0 Å². The van der Waals surface area contributed by atoms with Crippen LogP contribution in [0, 0.1) is 0 Å². The third-order valence-corrected chi connectivity index (χ3v) is 2.16. The summed E-state index contributed by atoms with van der Waals surface area (Å²) in [5.41, 5.74) is 1.02. The number of nitrogens with one attached hydrogen (secondary N) is 2. The van der Waals surface area contributed by atoms with Crippen molar-refractivity contribution < 1.29 is 19.4 Å². The number of carbonyl (C=O) groups is 2. The van der Waals surface area contributed by atoms with E-state index in [1.54, 1.807) is 24.3 Å². The lowest BCUT2D eigenvalue weighted by atomic mass is 10.2. The number of methoxy groups -OCH3 is 1. The molecule has 1 aromatic carbocycles. The molecule has 0 saturated carbocycles. The highest BCUT2D eigenvalue weighted by Crippen LogP contribution is 2.10. The SMILES string of the molecule is COC(=O)c1ccc(NC(=O)CNCCO)cc1. The summed E-state index contributed by atoms with van der Waals surface area (Å²) in [6.45, 7) is 0.481. The van der Waals surface area contributed by atoms with Crippen molar-refractivity contribution in [1.29, 1.82) is 0 Å². The molecule has 1 amide bonds. The average Bonchev–Trinajstić information content (AvgIpc) is 2.39. The van der Waals surface area contributed by atoms with Gasteiger partial charge in [-0.05, 0) is 24.3 Å². The molecular weight excluding hydrogens is 236 g/mol. The zero-order valence-electron chi connectivity index (χ0n) is 10.1. The number of hydrogen-bond acceptors (Lipinski definition) is 5. The van der Waals surface area contributed by atoms with Crippen LogP contribution < -0.4 is 10.6 Å². The maximum Gasteiger partial charge on any atom is 0.337 e. The third-order valence-electron chi connectivity index (χ3n) is 2.16. The van der Waals surface area contributed by atoms with Crippen LogP contribution in [0.2, 0.25) is 0 Å². The lowest BCUT2D eigenvalue weighted by molar-refractivity contribution is -0.115. The Morgan fingerprint density at radius 1 is 1.28 bits per heavy atom. The van der Waals surface area contributed by atoms with Gasteiger partial charge in [0.2, 0.25) is 5.91 Å². The highest BCUT2D eigenvalue weighted by Gasteiger charge is 2.05. The van der Waals surface area contributed by atoms with Crippen molar-refractivity contribution >= 4 is 17.6 Å². The molecule has 0 unspecified atom stereocenters. The molecule has 0 aliphatic heterocycles. The molecule has 0 aromatic heterocycles. The van der Waals surface area contributed by atoms with Gasteiger partial charge >= 0.3 is 5.97 Å². The minimum Gasteiger partial charge on any atom is -0.465 e. The Morgan fingerprint density at radius 3 is 2.50 bits per heavy atom. The van der Waals surface area contributed by atoms with E-state index in [1.807, 2.05) is 0 Å². The molecule has 0 aliphatic carbocycles. The molecule has 0 fully saturated rings. The first-order valence-corrected chi connectivity index (χ1v) is 5.47. The van der Waals surface area contributed by atoms with E-state index in [2.05, 4.69) is 15.4 Å². The molecule has 0 spiro atoms. The molecule has 0 bridgehead atoms. The molecular formula is C12H16N2O4. The van der Waals surface area contributed by atoms with Gasteiger partial charge in [-0.25, -0.2) is 4.79 Å². The van der Waals surface area contributed by atoms with Crippen molar-refractivity contribution in [2.75, 3.05) is 32.1 Å². The highest BCUT2D eigenvalue weighted by atomic mass is 16.5. The molecule has 6 heteroatoms. The molecule has 6 nitrogen and oxygen atoms in total. The van der Waals surface area contributed by atoms with Gasteiger partial charge in [0.15, 0.2) is 0 Å². The van der Waals surface area contributed by atoms with Crippen molar-refractivity contribution in [3.63, 3.8) is 0 Å². The molecule has 98 valence electrons. The minimum atomic E-state index is -0.419. The summed E-state index contributed by atoms with van der Waals surface area (Å²) >= 11 is 0. The second-order valence-corrected chi connectivity index (χ2v) is 3.52. The predicted molar refractivity (Wildman–Crippen MR) is 66.4 cm³/mol. The number of esters is 1. The van der Waals surface area contributed by atoms with E-state index in [0.717, 1.165) is 0 Å². The van der Waals surface area contributed by atoms with Gasteiger partial charge in [-0.3, -0.25) is 4.79 Å². The van der Waals surface area contributed by atoms with Gasteiger partial charge < -0.3 is 20.5 Å². The Balaban J connectivity index is 2.48. The highest BCUT2D eigenvalue weighted by molar-refractivity contribution is 5.93. The van der Waals surface area contributed by atoms with Crippen molar-refractivity contribution in [3.05, 3.63) is 29.8 Å². The van der Waals surface area contributed by atoms with E-state index in [4.69, 9.17) is 5.11 Å². The van der Waals surface area contributed by atoms with E-state index in [1.165, 1.54) is 7.11 Å². The second-order valence-electron chi connectivity index (χ2n) is 3.52. The van der Waals surface area contributed by atoms with Crippen LogP contribution in [0.3, 0.4) is 0 Å². The van der Waals surface area contributed by atoms with Gasteiger partial charge in [-0.15, -0.1) is 0 Å². The first-order chi connectivity index (χ1) is 8.67. The molecule has 1 aromatic rings. The fourth-order valence-electron chi connectivity index (χ4n) is 1.29. The molecule has 0 saturated heterocycles. The van der Waals surface area contributed by atoms with Crippen LogP contribution in [0.15, 0.2) is 24.3 Å². The first-order valence-electron chi connectivity index (χ1n) is 5.47. The first kappa shape index (κ1) is 14.1. The minimum absolute atomic E-state index is 0.0128. The van der Waals surface area contributed by atoms with Gasteiger partial charge in [0.25, 0.3) is 0 Å². The van der Waals surface area contributed by atoms with Gasteiger partial charge in [-0.2, -0.15) is 0 Å². The number of aliphatic hydroxyl groups excluding tert-OH is 1. The Kier molecular flexibility index (Phi) is 5.83. The van der Waals surface area contributed by atoms with E-state index in [0.29, 0.717) is 17.8 Å². The number of amides is 1. The molecule has 18 heavy (non-hydrogen) atoms. The zero-order valence-corrected chi connectivity index (χ0v) is 10.1. The van der Waals surface area contributed by atoms with Crippen LogP contribution in [0.1, 0.15) is 10.4 Å². The number of ether oxygens (including phenoxy) is 1. The number of carbonyl (C=O) groups excluding carboxylic acids is 2. The Hall–Kier alpha value is -1.92. The summed E-state index contributed by atoms with van der Waals surface area (Å²) in [6.07, 6.45) is 0. The monoisotopic (exact) mass is 252 g/mol. The van der Waals surface area contributed by atoms with Crippen LogP contribution in [0.5, 0.6) is 0 Å². The van der Waals surface area contributed by atoms with E-state index < -0.39 is 5.97 Å². The van der Waals surface area contributed by atoms with Crippen molar-refractivity contribution in [1.82, 2.24) is 5.32 Å². The number of benzene rings is 1. The van der Waals surface area contributed by atoms with Crippen molar-refractivity contribution in [2.45, 2.75) is 0 Å². The molecule has 0 aliphatic rings. The lowest BCUT2D eigenvalue weighted by Crippen LogP contribution is -2.29. The lowest BCUT2D eigenvalue weighted by Gasteiger charge is -2.06. The third kappa shape index (κ3) is 4.52. The number of anilines is 1. The summed E-state index contributed by atoms with van der Waals surface area (Å²) in [5, 5.41) is 13.9. The molecule has 0 atom stereocenters. The standard InChI is InChI=1S/C12H16N2O4/c1-18-12(17)9-2-4-10(5-3-9)14-11(16)8-13-6-7-15/h2-5,13,15H,6-8H2,1H3,(H,14,16). The van der Waals surface area contributed by atoms with E-state index in [9.17, 15) is 9.59 Å². The topological polar surface area (TPSA) is 87.7 Å². The Morgan fingerprint density at radius 2 is 1.94 bits per heavy atom. The fraction of sp³-hybridized carbons (Fsp3) is 0.333. The molecule has 3 N–H and O–H groups in total. The fourth-order valence-corrected chi connectivity index (χ4v) is 1.29. The molecule has 1 rings (SSSR count). The van der Waals surface area contributed by atoms with Gasteiger partial charge in [0.1, 0.15) is 0 Å². The smallest absolute Gasteiger partial charge is 0.337 e. The quantitative estimate of drug-likeness (QED) is 0.490. The number of rotatable bonds is 6. The van der Waals surface area contributed by atoms with Crippen LogP contribution in [0.4, 0.5) is 5.69 Å². The average molecular weight is 252 g/mol. The van der Waals surface area contributed by atoms with Crippen LogP contribution >= 0.6 is 0 Å². The van der Waals surface area contributed by atoms with Crippen LogP contribution in [0.25, 0.3) is 0 Å². The maximum absolute atomic E-state index is 11.4. The summed E-state index contributed by atoms with van der Waals surface area (Å²) in [6, 6.07) is 6.39. The summed E-state index contributed by atoms with van der Waals surface area (Å²) in [7, 11) is 1.31. The Bertz CT molecular complexity index is 403. The Labute approximate surface area is 105 Å². The van der Waals surface area contributed by atoms with Gasteiger partial charge in [0, 0.05) is 12.2 Å². The summed E-state index contributed by atoms with van der Waals surface area (Å²) in [4.78, 5) is 22.6. The maximum atomic E-state index is 11.4. The molecule has 0 heterocycles. The summed E-state index contributed by atoms with van der Waals surface area (Å²) in [5.74, 6) is -0.633. The number of hydrogen-bond donors (Lipinski definition) is 3. The second kappa shape index (κ2) is 7.41. The van der Waals surface area contributed by atoms with Crippen molar-refractivity contribution in [2.24, 2.45) is 0 Å². The number of aliphatic hydroxyl groups is 1. The summed E-state index contributed by atoms with van der Waals surface area (Å²) < 4.78 is 4.56. The van der Waals surface area contributed by atoms with Crippen LogP contribution in [-0.2, 0) is 9.53 Å². The van der Waals surface area contributed by atoms with Gasteiger partial charge in [0.05, 0.1) is 25.8 Å². The van der Waals surface area contributed by atoms with E-state index in [-0.39, 0.29) is 19.1 Å². The van der Waals surface area contributed by atoms with Gasteiger partial charge in [-0.1, -0.05) is 0 Å². The molecule has 0 radical (unpaired) electrons. The van der Waals surface area contributed by atoms with Crippen LogP contribution in [-0.4, -0.2) is 43.8 Å². The predicted octanol–water partition coefficient (Wildman–Crippen LogP) is -0.00640. The normalized spacial score (nSPS) is 9.89. The zero-order chi connectivity index (χ0) is 13.4. The largest absolute Gasteiger partial charge is 0.465 e. The van der Waals surface area contributed by atoms with E-state index >= 15 is 0 Å².